The van der Waals surface area contributed by atoms with Crippen LogP contribution in [0.1, 0.15) is 14.5 Å². The van der Waals surface area contributed by atoms with Gasteiger partial charge >= 0.3 is 5.97 Å². The van der Waals surface area contributed by atoms with Crippen molar-refractivity contribution >= 4 is 27.3 Å². The number of benzene rings is 1. The zero-order valence-electron chi connectivity index (χ0n) is 11.9. The Morgan fingerprint density at radius 2 is 1.81 bits per heavy atom. The van der Waals surface area contributed by atoms with Crippen molar-refractivity contribution in [2.45, 2.75) is 11.8 Å². The molecule has 0 unspecified atom stereocenters. The smallest absolute Gasteiger partial charge is 0.353 e. The number of aryl methyl sites for hydroxylation is 1. The fourth-order valence-corrected chi connectivity index (χ4v) is 3.99. The highest BCUT2D eigenvalue weighted by Gasteiger charge is 2.24. The van der Waals surface area contributed by atoms with Gasteiger partial charge in [-0.1, -0.05) is 18.2 Å². The molecule has 0 bridgehead atoms. The molecule has 7 heteroatoms. The van der Waals surface area contributed by atoms with Crippen molar-refractivity contribution < 1.29 is 17.9 Å². The average molecular weight is 325 g/mol. The van der Waals surface area contributed by atoms with Crippen LogP contribution < -0.4 is 4.74 Å². The third kappa shape index (κ3) is 3.31. The number of ether oxygens (including phenoxy) is 1. The molecular formula is C14H15NO4S2. The number of sulfonamides is 1. The Hall–Kier alpha value is -1.70. The molecule has 0 saturated heterocycles. The SMILES string of the molecule is Cc1sc(C(=O)Oc2ccccc2)cc1S(=O)(=O)N(C)C. The van der Waals surface area contributed by atoms with Crippen molar-refractivity contribution in [1.29, 1.82) is 0 Å². The number of carbonyl (C=O) groups is 1. The molecule has 1 heterocycles. The van der Waals surface area contributed by atoms with Crippen LogP contribution in [0.3, 0.4) is 0 Å². The summed E-state index contributed by atoms with van der Waals surface area (Å²) in [6, 6.07) is 10.0. The highest BCUT2D eigenvalue weighted by molar-refractivity contribution is 7.89. The lowest BCUT2D eigenvalue weighted by molar-refractivity contribution is 0.0739. The summed E-state index contributed by atoms with van der Waals surface area (Å²) in [7, 11) is -0.652. The molecule has 0 saturated carbocycles. The number of esters is 1. The van der Waals surface area contributed by atoms with E-state index in [1.165, 1.54) is 20.2 Å². The molecular weight excluding hydrogens is 310 g/mol. The average Bonchev–Trinajstić information content (AvgIpc) is 2.82. The number of hydrogen-bond donors (Lipinski definition) is 0. The zero-order chi connectivity index (χ0) is 15.6. The number of thiophene rings is 1. The predicted molar refractivity (Wildman–Crippen MR) is 81.3 cm³/mol. The van der Waals surface area contributed by atoms with Gasteiger partial charge in [-0.05, 0) is 25.1 Å². The number of hydrogen-bond acceptors (Lipinski definition) is 5. The molecule has 2 aromatic rings. The normalized spacial score (nSPS) is 11.6. The zero-order valence-corrected chi connectivity index (χ0v) is 13.5. The number of nitrogens with zero attached hydrogens (tertiary/aromatic N) is 1. The Kier molecular flexibility index (Phi) is 4.46. The van der Waals surface area contributed by atoms with Gasteiger partial charge in [0.2, 0.25) is 10.0 Å². The van der Waals surface area contributed by atoms with Gasteiger partial charge in [-0.25, -0.2) is 17.5 Å². The molecule has 0 aliphatic carbocycles. The van der Waals surface area contributed by atoms with Crippen LogP contribution in [-0.2, 0) is 10.0 Å². The van der Waals surface area contributed by atoms with Crippen LogP contribution in [0.15, 0.2) is 41.3 Å². The van der Waals surface area contributed by atoms with Crippen LogP contribution in [0, 0.1) is 6.92 Å². The quantitative estimate of drug-likeness (QED) is 0.640. The standard InChI is InChI=1S/C14H15NO4S2/c1-10-13(21(17,18)15(2)3)9-12(20-10)14(16)19-11-7-5-4-6-8-11/h4-9H,1-3H3. The molecule has 21 heavy (non-hydrogen) atoms. The molecule has 0 N–H and O–H groups in total. The molecule has 112 valence electrons. The first-order valence-electron chi connectivity index (χ1n) is 6.12. The van der Waals surface area contributed by atoms with Crippen LogP contribution in [-0.4, -0.2) is 32.8 Å². The van der Waals surface area contributed by atoms with Crippen molar-refractivity contribution in [2.75, 3.05) is 14.1 Å². The Labute approximate surface area is 127 Å². The lowest BCUT2D eigenvalue weighted by Gasteiger charge is -2.10. The van der Waals surface area contributed by atoms with Crippen LogP contribution in [0.4, 0.5) is 0 Å². The first-order chi connectivity index (χ1) is 9.82. The summed E-state index contributed by atoms with van der Waals surface area (Å²) in [5.74, 6) is -0.139. The highest BCUT2D eigenvalue weighted by Crippen LogP contribution is 2.28. The second kappa shape index (κ2) is 5.97. The van der Waals surface area contributed by atoms with Gasteiger partial charge < -0.3 is 4.74 Å². The number of para-hydroxylation sites is 1. The Balaban J connectivity index is 2.29. The van der Waals surface area contributed by atoms with Crippen molar-refractivity contribution in [2.24, 2.45) is 0 Å². The maximum Gasteiger partial charge on any atom is 0.353 e. The number of rotatable bonds is 4. The summed E-state index contributed by atoms with van der Waals surface area (Å²) < 4.78 is 30.6. The molecule has 1 aromatic heterocycles. The second-order valence-corrected chi connectivity index (χ2v) is 7.90. The summed E-state index contributed by atoms with van der Waals surface area (Å²) in [6.07, 6.45) is 0. The third-order valence-electron chi connectivity index (χ3n) is 2.79. The lowest BCUT2D eigenvalue weighted by atomic mass is 10.3. The van der Waals surface area contributed by atoms with E-state index >= 15 is 0 Å². The van der Waals surface area contributed by atoms with Gasteiger partial charge in [0.25, 0.3) is 0 Å². The second-order valence-electron chi connectivity index (χ2n) is 4.52. The summed E-state index contributed by atoms with van der Waals surface area (Å²) in [4.78, 5) is 13.0. The van der Waals surface area contributed by atoms with Gasteiger partial charge in [-0.15, -0.1) is 11.3 Å². The molecule has 1 aromatic carbocycles. The third-order valence-corrected chi connectivity index (χ3v) is 5.89. The summed E-state index contributed by atoms with van der Waals surface area (Å²) in [5.41, 5.74) is 0. The Bertz CT molecular complexity index is 749. The van der Waals surface area contributed by atoms with Crippen LogP contribution in [0.2, 0.25) is 0 Å². The van der Waals surface area contributed by atoms with E-state index in [2.05, 4.69) is 0 Å². The minimum absolute atomic E-state index is 0.137. The molecule has 0 spiro atoms. The Morgan fingerprint density at radius 1 is 1.19 bits per heavy atom. The van der Waals surface area contributed by atoms with E-state index < -0.39 is 16.0 Å². The first kappa shape index (κ1) is 15.7. The van der Waals surface area contributed by atoms with E-state index in [0.29, 0.717) is 10.6 Å². The van der Waals surface area contributed by atoms with Crippen LogP contribution in [0.25, 0.3) is 0 Å². The first-order valence-corrected chi connectivity index (χ1v) is 8.38. The molecule has 0 fully saturated rings. The fourth-order valence-electron chi connectivity index (χ4n) is 1.66. The summed E-state index contributed by atoms with van der Waals surface area (Å²) in [6.45, 7) is 1.67. The minimum Gasteiger partial charge on any atom is -0.422 e. The fraction of sp³-hybridized carbons (Fsp3) is 0.214. The minimum atomic E-state index is -3.56. The predicted octanol–water partition coefficient (Wildman–Crippen LogP) is 2.53. The van der Waals surface area contributed by atoms with Gasteiger partial charge in [0.05, 0.1) is 4.90 Å². The molecule has 0 aliphatic rings. The van der Waals surface area contributed by atoms with Gasteiger partial charge in [0, 0.05) is 19.0 Å². The molecule has 0 atom stereocenters. The maximum absolute atomic E-state index is 12.1. The van der Waals surface area contributed by atoms with Crippen LogP contribution in [0.5, 0.6) is 5.75 Å². The van der Waals surface area contributed by atoms with E-state index in [1.54, 1.807) is 31.2 Å². The molecule has 5 nitrogen and oxygen atoms in total. The van der Waals surface area contributed by atoms with Crippen molar-refractivity contribution in [3.8, 4) is 5.75 Å². The maximum atomic E-state index is 12.1. The van der Waals surface area contributed by atoms with Crippen molar-refractivity contribution in [1.82, 2.24) is 4.31 Å². The van der Waals surface area contributed by atoms with E-state index in [-0.39, 0.29) is 9.77 Å². The summed E-state index contributed by atoms with van der Waals surface area (Å²) in [5, 5.41) is 0. The largest absolute Gasteiger partial charge is 0.422 e. The van der Waals surface area contributed by atoms with Gasteiger partial charge in [0.1, 0.15) is 10.6 Å². The van der Waals surface area contributed by atoms with Gasteiger partial charge in [0.15, 0.2) is 0 Å². The van der Waals surface area contributed by atoms with E-state index in [1.807, 2.05) is 6.07 Å². The van der Waals surface area contributed by atoms with Crippen molar-refractivity contribution in [3.05, 3.63) is 46.2 Å². The van der Waals surface area contributed by atoms with E-state index in [4.69, 9.17) is 4.74 Å². The van der Waals surface area contributed by atoms with Crippen LogP contribution >= 0.6 is 11.3 Å². The van der Waals surface area contributed by atoms with Gasteiger partial charge in [-0.2, -0.15) is 0 Å². The molecule has 0 amide bonds. The number of carbonyl (C=O) groups excluding carboxylic acids is 1. The molecule has 0 radical (unpaired) electrons. The molecule has 2 rings (SSSR count). The van der Waals surface area contributed by atoms with E-state index in [9.17, 15) is 13.2 Å². The Morgan fingerprint density at radius 3 is 2.38 bits per heavy atom. The topological polar surface area (TPSA) is 63.7 Å². The van der Waals surface area contributed by atoms with Crippen molar-refractivity contribution in [3.63, 3.8) is 0 Å². The van der Waals surface area contributed by atoms with Gasteiger partial charge in [-0.3, -0.25) is 0 Å². The van der Waals surface area contributed by atoms with E-state index in [0.717, 1.165) is 15.6 Å². The highest BCUT2D eigenvalue weighted by atomic mass is 32.2. The molecule has 0 aliphatic heterocycles. The summed E-state index contributed by atoms with van der Waals surface area (Å²) >= 11 is 1.11. The monoisotopic (exact) mass is 325 g/mol. The lowest BCUT2D eigenvalue weighted by Crippen LogP contribution is -2.22.